The van der Waals surface area contributed by atoms with Gasteiger partial charge in [-0.1, -0.05) is 35.9 Å². The van der Waals surface area contributed by atoms with Gasteiger partial charge in [0.25, 0.3) is 0 Å². The molecule has 23 heavy (non-hydrogen) atoms. The van der Waals surface area contributed by atoms with Gasteiger partial charge in [0.15, 0.2) is 0 Å². The van der Waals surface area contributed by atoms with Crippen LogP contribution in [0.5, 0.6) is 5.75 Å². The molecule has 0 aliphatic carbocycles. The van der Waals surface area contributed by atoms with Gasteiger partial charge in [0.2, 0.25) is 5.91 Å². The van der Waals surface area contributed by atoms with E-state index in [0.717, 1.165) is 41.3 Å². The molecular formula is C19H20ClNO2. The highest BCUT2D eigenvalue weighted by Gasteiger charge is 2.29. The summed E-state index contributed by atoms with van der Waals surface area (Å²) in [6.07, 6.45) is 2.48. The van der Waals surface area contributed by atoms with Crippen molar-refractivity contribution in [2.45, 2.75) is 25.3 Å². The zero-order chi connectivity index (χ0) is 16.2. The van der Waals surface area contributed by atoms with Crippen molar-refractivity contribution in [2.75, 3.05) is 13.7 Å². The molecule has 120 valence electrons. The Morgan fingerprint density at radius 2 is 1.87 bits per heavy atom. The zero-order valence-corrected chi connectivity index (χ0v) is 13.9. The van der Waals surface area contributed by atoms with Crippen LogP contribution in [0.2, 0.25) is 5.02 Å². The number of rotatable bonds is 4. The molecule has 0 bridgehead atoms. The second kappa shape index (κ2) is 7.05. The van der Waals surface area contributed by atoms with E-state index in [1.54, 1.807) is 7.11 Å². The van der Waals surface area contributed by atoms with Gasteiger partial charge >= 0.3 is 0 Å². The fraction of sp³-hybridized carbons (Fsp3) is 0.316. The normalized spacial score (nSPS) is 17.3. The van der Waals surface area contributed by atoms with Gasteiger partial charge < -0.3 is 9.64 Å². The summed E-state index contributed by atoms with van der Waals surface area (Å²) in [6, 6.07) is 15.7. The quantitative estimate of drug-likeness (QED) is 0.839. The smallest absolute Gasteiger partial charge is 0.227 e. The van der Waals surface area contributed by atoms with Crippen LogP contribution < -0.4 is 4.74 Å². The summed E-state index contributed by atoms with van der Waals surface area (Å²) in [6.45, 7) is 0.822. The largest absolute Gasteiger partial charge is 0.497 e. The second-order valence-corrected chi connectivity index (χ2v) is 6.26. The Kier molecular flexibility index (Phi) is 4.87. The van der Waals surface area contributed by atoms with Crippen LogP contribution in [0.3, 0.4) is 0 Å². The number of halogens is 1. The first-order valence-corrected chi connectivity index (χ1v) is 8.23. The average Bonchev–Trinajstić information content (AvgIpc) is 3.06. The van der Waals surface area contributed by atoms with Crippen LogP contribution in [0.25, 0.3) is 0 Å². The monoisotopic (exact) mass is 329 g/mol. The van der Waals surface area contributed by atoms with E-state index in [-0.39, 0.29) is 11.9 Å². The predicted molar refractivity (Wildman–Crippen MR) is 91.8 cm³/mol. The van der Waals surface area contributed by atoms with Crippen LogP contribution in [0.1, 0.15) is 30.0 Å². The number of hydrogen-bond acceptors (Lipinski definition) is 2. The SMILES string of the molecule is COc1ccc(CC(=O)N2CCC[C@H]2c2ccc(Cl)cc2)cc1. The van der Waals surface area contributed by atoms with E-state index in [1.165, 1.54) is 0 Å². The highest BCUT2D eigenvalue weighted by Crippen LogP contribution is 2.33. The summed E-state index contributed by atoms with van der Waals surface area (Å²) in [7, 11) is 1.64. The van der Waals surface area contributed by atoms with E-state index in [1.807, 2.05) is 53.4 Å². The molecular weight excluding hydrogens is 310 g/mol. The molecule has 1 fully saturated rings. The third-order valence-corrected chi connectivity index (χ3v) is 4.59. The number of nitrogens with zero attached hydrogens (tertiary/aromatic N) is 1. The molecule has 0 unspecified atom stereocenters. The Hall–Kier alpha value is -2.00. The van der Waals surface area contributed by atoms with Crippen molar-refractivity contribution < 1.29 is 9.53 Å². The predicted octanol–water partition coefficient (Wildman–Crippen LogP) is 4.25. The van der Waals surface area contributed by atoms with E-state index in [2.05, 4.69) is 0 Å². The topological polar surface area (TPSA) is 29.5 Å². The number of amides is 1. The Morgan fingerprint density at radius 1 is 1.17 bits per heavy atom. The van der Waals surface area contributed by atoms with Crippen molar-refractivity contribution in [3.05, 3.63) is 64.7 Å². The molecule has 2 aromatic carbocycles. The van der Waals surface area contributed by atoms with Gasteiger partial charge in [-0.25, -0.2) is 0 Å². The summed E-state index contributed by atoms with van der Waals surface area (Å²) in [4.78, 5) is 14.7. The van der Waals surface area contributed by atoms with Gasteiger partial charge in [-0.3, -0.25) is 4.79 Å². The Morgan fingerprint density at radius 3 is 2.52 bits per heavy atom. The molecule has 1 heterocycles. The summed E-state index contributed by atoms with van der Waals surface area (Å²) in [5.41, 5.74) is 2.17. The minimum atomic E-state index is 0.165. The van der Waals surface area contributed by atoms with E-state index < -0.39 is 0 Å². The zero-order valence-electron chi connectivity index (χ0n) is 13.2. The summed E-state index contributed by atoms with van der Waals surface area (Å²) in [5.74, 6) is 0.981. The lowest BCUT2D eigenvalue weighted by atomic mass is 10.0. The Balaban J connectivity index is 1.71. The van der Waals surface area contributed by atoms with Crippen molar-refractivity contribution in [3.8, 4) is 5.75 Å². The van der Waals surface area contributed by atoms with Crippen molar-refractivity contribution in [3.63, 3.8) is 0 Å². The van der Waals surface area contributed by atoms with E-state index in [9.17, 15) is 4.79 Å². The van der Waals surface area contributed by atoms with Gasteiger partial charge in [-0.15, -0.1) is 0 Å². The highest BCUT2D eigenvalue weighted by molar-refractivity contribution is 6.30. The van der Waals surface area contributed by atoms with Gasteiger partial charge in [0, 0.05) is 11.6 Å². The molecule has 1 atom stereocenters. The average molecular weight is 330 g/mol. The molecule has 1 saturated heterocycles. The highest BCUT2D eigenvalue weighted by atomic mass is 35.5. The molecule has 3 rings (SSSR count). The molecule has 4 heteroatoms. The summed E-state index contributed by atoms with van der Waals surface area (Å²) < 4.78 is 5.15. The lowest BCUT2D eigenvalue weighted by molar-refractivity contribution is -0.131. The molecule has 0 radical (unpaired) electrons. The first-order valence-electron chi connectivity index (χ1n) is 7.85. The van der Waals surface area contributed by atoms with Gasteiger partial charge in [-0.2, -0.15) is 0 Å². The molecule has 0 spiro atoms. The first-order chi connectivity index (χ1) is 11.2. The fourth-order valence-electron chi connectivity index (χ4n) is 3.12. The lowest BCUT2D eigenvalue weighted by Gasteiger charge is -2.25. The number of carbonyl (C=O) groups excluding carboxylic acids is 1. The number of methoxy groups -OCH3 is 1. The number of likely N-dealkylation sites (tertiary alicyclic amines) is 1. The van der Waals surface area contributed by atoms with E-state index in [4.69, 9.17) is 16.3 Å². The number of ether oxygens (including phenoxy) is 1. The molecule has 2 aromatic rings. The van der Waals surface area contributed by atoms with Gasteiger partial charge in [0.05, 0.1) is 19.6 Å². The molecule has 1 amide bonds. The Bertz CT molecular complexity index is 667. The maximum atomic E-state index is 12.7. The van der Waals surface area contributed by atoms with Crippen molar-refractivity contribution in [2.24, 2.45) is 0 Å². The third kappa shape index (κ3) is 3.67. The van der Waals surface area contributed by atoms with Crippen LogP contribution in [-0.4, -0.2) is 24.5 Å². The van der Waals surface area contributed by atoms with E-state index >= 15 is 0 Å². The summed E-state index contributed by atoms with van der Waals surface area (Å²) >= 11 is 5.96. The van der Waals surface area contributed by atoms with Crippen LogP contribution >= 0.6 is 11.6 Å². The van der Waals surface area contributed by atoms with Crippen LogP contribution in [0.4, 0.5) is 0 Å². The molecule has 0 saturated carbocycles. The van der Waals surface area contributed by atoms with Crippen molar-refractivity contribution in [1.29, 1.82) is 0 Å². The standard InChI is InChI=1S/C19H20ClNO2/c1-23-17-10-4-14(5-11-17)13-19(22)21-12-2-3-18(21)15-6-8-16(20)9-7-15/h4-11,18H,2-3,12-13H2,1H3/t18-/m0/s1. The minimum absolute atomic E-state index is 0.165. The third-order valence-electron chi connectivity index (χ3n) is 4.34. The molecule has 1 aliphatic rings. The van der Waals surface area contributed by atoms with Crippen molar-refractivity contribution in [1.82, 2.24) is 4.90 Å². The second-order valence-electron chi connectivity index (χ2n) is 5.82. The number of benzene rings is 2. The molecule has 1 aliphatic heterocycles. The molecule has 0 N–H and O–H groups in total. The van der Waals surface area contributed by atoms with E-state index in [0.29, 0.717) is 6.42 Å². The van der Waals surface area contributed by atoms with Crippen LogP contribution in [0, 0.1) is 0 Å². The Labute approximate surface area is 141 Å². The first kappa shape index (κ1) is 15.9. The maximum Gasteiger partial charge on any atom is 0.227 e. The molecule has 0 aromatic heterocycles. The van der Waals surface area contributed by atoms with Gasteiger partial charge in [0.1, 0.15) is 5.75 Å². The minimum Gasteiger partial charge on any atom is -0.497 e. The van der Waals surface area contributed by atoms with Crippen LogP contribution in [0.15, 0.2) is 48.5 Å². The van der Waals surface area contributed by atoms with Gasteiger partial charge in [-0.05, 0) is 48.2 Å². The summed E-state index contributed by atoms with van der Waals surface area (Å²) in [5, 5.41) is 0.725. The maximum absolute atomic E-state index is 12.7. The van der Waals surface area contributed by atoms with Crippen LogP contribution in [-0.2, 0) is 11.2 Å². The van der Waals surface area contributed by atoms with Crippen molar-refractivity contribution >= 4 is 17.5 Å². The fourth-order valence-corrected chi connectivity index (χ4v) is 3.24. The number of carbonyl (C=O) groups is 1. The lowest BCUT2D eigenvalue weighted by Crippen LogP contribution is -2.31. The molecule has 3 nitrogen and oxygen atoms in total. The number of hydrogen-bond donors (Lipinski definition) is 0.